The standard InChI is InChI=1S/C10H19N3O2S/c1-2-13(5-3-9(11)16)10(14)12-8-4-6-15-7-8/h8H,2-7H2,1H3,(H2,11,16)(H,12,14). The molecule has 1 aliphatic heterocycles. The molecule has 1 heterocycles. The number of hydrogen-bond acceptors (Lipinski definition) is 3. The fourth-order valence-corrected chi connectivity index (χ4v) is 1.65. The lowest BCUT2D eigenvalue weighted by atomic mass is 10.3. The van der Waals surface area contributed by atoms with Crippen LogP contribution in [0.3, 0.4) is 0 Å². The Morgan fingerprint density at radius 3 is 2.94 bits per heavy atom. The van der Waals surface area contributed by atoms with Gasteiger partial charge in [-0.15, -0.1) is 0 Å². The van der Waals surface area contributed by atoms with E-state index in [-0.39, 0.29) is 12.1 Å². The van der Waals surface area contributed by atoms with Crippen LogP contribution in [-0.4, -0.2) is 48.3 Å². The average Bonchev–Trinajstić information content (AvgIpc) is 2.71. The molecule has 0 aromatic heterocycles. The zero-order valence-corrected chi connectivity index (χ0v) is 10.4. The lowest BCUT2D eigenvalue weighted by molar-refractivity contribution is 0.179. The highest BCUT2D eigenvalue weighted by molar-refractivity contribution is 7.80. The molecule has 0 radical (unpaired) electrons. The Kier molecular flexibility index (Phi) is 5.48. The number of thiocarbonyl (C=S) groups is 1. The molecule has 5 nitrogen and oxygen atoms in total. The van der Waals surface area contributed by atoms with E-state index < -0.39 is 0 Å². The Hall–Kier alpha value is -0.880. The van der Waals surface area contributed by atoms with Crippen LogP contribution in [0.2, 0.25) is 0 Å². The second-order valence-electron chi connectivity index (χ2n) is 3.81. The van der Waals surface area contributed by atoms with Crippen LogP contribution < -0.4 is 11.1 Å². The molecule has 1 aliphatic rings. The summed E-state index contributed by atoms with van der Waals surface area (Å²) in [7, 11) is 0. The minimum Gasteiger partial charge on any atom is -0.393 e. The number of rotatable bonds is 5. The van der Waals surface area contributed by atoms with Gasteiger partial charge in [0.1, 0.15) is 0 Å². The summed E-state index contributed by atoms with van der Waals surface area (Å²) in [5, 5.41) is 2.93. The van der Waals surface area contributed by atoms with Crippen LogP contribution in [0.4, 0.5) is 4.79 Å². The summed E-state index contributed by atoms with van der Waals surface area (Å²) in [6.07, 6.45) is 1.45. The molecule has 0 spiro atoms. The SMILES string of the molecule is CCN(CCC(N)=S)C(=O)NC1CCOC1. The number of nitrogens with zero attached hydrogens (tertiary/aromatic N) is 1. The predicted molar refractivity (Wildman–Crippen MR) is 66.4 cm³/mol. The van der Waals surface area contributed by atoms with Gasteiger partial charge in [-0.3, -0.25) is 0 Å². The lowest BCUT2D eigenvalue weighted by Crippen LogP contribution is -2.45. The average molecular weight is 245 g/mol. The van der Waals surface area contributed by atoms with Gasteiger partial charge in [0.05, 0.1) is 17.6 Å². The molecule has 6 heteroatoms. The Labute approximate surface area is 101 Å². The molecule has 1 saturated heterocycles. The van der Waals surface area contributed by atoms with Crippen molar-refractivity contribution >= 4 is 23.2 Å². The monoisotopic (exact) mass is 245 g/mol. The van der Waals surface area contributed by atoms with Gasteiger partial charge in [0.25, 0.3) is 0 Å². The van der Waals surface area contributed by atoms with Crippen LogP contribution in [-0.2, 0) is 4.74 Å². The number of nitrogens with two attached hydrogens (primary N) is 1. The summed E-state index contributed by atoms with van der Waals surface area (Å²) in [5.41, 5.74) is 5.41. The molecule has 0 aromatic rings. The van der Waals surface area contributed by atoms with Crippen LogP contribution in [0.25, 0.3) is 0 Å². The van der Waals surface area contributed by atoms with E-state index in [1.54, 1.807) is 4.90 Å². The van der Waals surface area contributed by atoms with Crippen molar-refractivity contribution in [2.24, 2.45) is 5.73 Å². The summed E-state index contributed by atoms with van der Waals surface area (Å²) in [6.45, 7) is 4.50. The maximum absolute atomic E-state index is 11.8. The zero-order chi connectivity index (χ0) is 12.0. The molecule has 1 atom stereocenters. The van der Waals surface area contributed by atoms with Gasteiger partial charge in [-0.2, -0.15) is 0 Å². The molecule has 3 N–H and O–H groups in total. The minimum atomic E-state index is -0.0609. The van der Waals surface area contributed by atoms with Crippen molar-refractivity contribution in [1.82, 2.24) is 10.2 Å². The van der Waals surface area contributed by atoms with Crippen molar-refractivity contribution in [3.63, 3.8) is 0 Å². The first-order chi connectivity index (χ1) is 7.63. The molecule has 2 amide bonds. The van der Waals surface area contributed by atoms with Crippen molar-refractivity contribution < 1.29 is 9.53 Å². The van der Waals surface area contributed by atoms with E-state index in [0.717, 1.165) is 13.0 Å². The van der Waals surface area contributed by atoms with Crippen molar-refractivity contribution in [1.29, 1.82) is 0 Å². The molecule has 0 aliphatic carbocycles. The van der Waals surface area contributed by atoms with E-state index in [0.29, 0.717) is 31.1 Å². The summed E-state index contributed by atoms with van der Waals surface area (Å²) in [5.74, 6) is 0. The van der Waals surface area contributed by atoms with Crippen LogP contribution in [0.5, 0.6) is 0 Å². The van der Waals surface area contributed by atoms with Crippen LogP contribution in [0.1, 0.15) is 19.8 Å². The summed E-state index contributed by atoms with van der Waals surface area (Å²) < 4.78 is 5.20. The second kappa shape index (κ2) is 6.65. The predicted octanol–water partition coefficient (Wildman–Crippen LogP) is 0.483. The fourth-order valence-electron chi connectivity index (χ4n) is 1.56. The van der Waals surface area contributed by atoms with E-state index in [1.165, 1.54) is 0 Å². The Balaban J connectivity index is 2.32. The number of amides is 2. The maximum atomic E-state index is 11.8. The van der Waals surface area contributed by atoms with Crippen molar-refractivity contribution in [2.45, 2.75) is 25.8 Å². The number of nitrogens with one attached hydrogen (secondary N) is 1. The number of carbonyl (C=O) groups excluding carboxylic acids is 1. The molecule has 92 valence electrons. The highest BCUT2D eigenvalue weighted by Gasteiger charge is 2.20. The third kappa shape index (κ3) is 4.32. The highest BCUT2D eigenvalue weighted by Crippen LogP contribution is 2.04. The van der Waals surface area contributed by atoms with Gasteiger partial charge >= 0.3 is 6.03 Å². The van der Waals surface area contributed by atoms with Gasteiger partial charge in [-0.05, 0) is 13.3 Å². The van der Waals surface area contributed by atoms with E-state index >= 15 is 0 Å². The molecule has 0 saturated carbocycles. The molecule has 1 rings (SSSR count). The summed E-state index contributed by atoms with van der Waals surface area (Å²) in [4.78, 5) is 14.0. The first-order valence-electron chi connectivity index (χ1n) is 5.55. The van der Waals surface area contributed by atoms with Crippen molar-refractivity contribution in [2.75, 3.05) is 26.3 Å². The van der Waals surface area contributed by atoms with Gasteiger partial charge in [0.15, 0.2) is 0 Å². The fraction of sp³-hybridized carbons (Fsp3) is 0.800. The third-order valence-corrected chi connectivity index (χ3v) is 2.76. The summed E-state index contributed by atoms with van der Waals surface area (Å²) in [6, 6.07) is 0.0839. The molecule has 1 fully saturated rings. The Morgan fingerprint density at radius 2 is 2.44 bits per heavy atom. The molecule has 1 unspecified atom stereocenters. The van der Waals surface area contributed by atoms with Gasteiger partial charge < -0.3 is 20.7 Å². The topological polar surface area (TPSA) is 67.6 Å². The maximum Gasteiger partial charge on any atom is 0.317 e. The Bertz CT molecular complexity index is 254. The number of carbonyl (C=O) groups is 1. The quantitative estimate of drug-likeness (QED) is 0.691. The number of ether oxygens (including phenoxy) is 1. The summed E-state index contributed by atoms with van der Waals surface area (Å²) >= 11 is 4.79. The minimum absolute atomic E-state index is 0.0609. The Morgan fingerprint density at radius 1 is 1.69 bits per heavy atom. The van der Waals surface area contributed by atoms with Gasteiger partial charge in [0.2, 0.25) is 0 Å². The largest absolute Gasteiger partial charge is 0.393 e. The molecular weight excluding hydrogens is 226 g/mol. The van der Waals surface area contributed by atoms with Gasteiger partial charge in [0, 0.05) is 26.1 Å². The van der Waals surface area contributed by atoms with E-state index in [1.807, 2.05) is 6.92 Å². The second-order valence-corrected chi connectivity index (χ2v) is 4.33. The van der Waals surface area contributed by atoms with Crippen LogP contribution in [0, 0.1) is 0 Å². The molecule has 0 aromatic carbocycles. The number of urea groups is 1. The number of hydrogen-bond donors (Lipinski definition) is 2. The smallest absolute Gasteiger partial charge is 0.317 e. The van der Waals surface area contributed by atoms with Gasteiger partial charge in [-0.25, -0.2) is 4.79 Å². The highest BCUT2D eigenvalue weighted by atomic mass is 32.1. The van der Waals surface area contributed by atoms with E-state index in [2.05, 4.69) is 5.32 Å². The first-order valence-corrected chi connectivity index (χ1v) is 5.95. The molecular formula is C10H19N3O2S. The van der Waals surface area contributed by atoms with E-state index in [9.17, 15) is 4.79 Å². The lowest BCUT2D eigenvalue weighted by Gasteiger charge is -2.23. The van der Waals surface area contributed by atoms with Gasteiger partial charge in [-0.1, -0.05) is 12.2 Å². The van der Waals surface area contributed by atoms with Crippen LogP contribution >= 0.6 is 12.2 Å². The van der Waals surface area contributed by atoms with Crippen LogP contribution in [0.15, 0.2) is 0 Å². The van der Waals surface area contributed by atoms with Crippen molar-refractivity contribution in [3.8, 4) is 0 Å². The van der Waals surface area contributed by atoms with E-state index in [4.69, 9.17) is 22.7 Å². The molecule has 16 heavy (non-hydrogen) atoms. The van der Waals surface area contributed by atoms with Crippen molar-refractivity contribution in [3.05, 3.63) is 0 Å². The third-order valence-electron chi connectivity index (χ3n) is 2.55. The first kappa shape index (κ1) is 13.2. The normalized spacial score (nSPS) is 19.4. The molecule has 0 bridgehead atoms. The zero-order valence-electron chi connectivity index (χ0n) is 9.57.